The lowest BCUT2D eigenvalue weighted by atomic mass is 10.1. The van der Waals surface area contributed by atoms with E-state index in [0.717, 1.165) is 32.1 Å². The number of carbonyl (C=O) groups is 1. The maximum atomic E-state index is 13.2. The Hall–Kier alpha value is -1.93. The normalized spacial score (nSPS) is 16.5. The molecule has 0 saturated carbocycles. The third-order valence-corrected chi connectivity index (χ3v) is 8.30. The number of nitrogens with one attached hydrogen (secondary N) is 1. The summed E-state index contributed by atoms with van der Waals surface area (Å²) in [6.07, 6.45) is 4.52. The van der Waals surface area contributed by atoms with Gasteiger partial charge in [0.1, 0.15) is 4.90 Å². The molecule has 1 aliphatic heterocycles. The Morgan fingerprint density at radius 3 is 2.34 bits per heavy atom. The van der Waals surface area contributed by atoms with E-state index in [0.29, 0.717) is 25.2 Å². The van der Waals surface area contributed by atoms with Crippen molar-refractivity contribution in [3.63, 3.8) is 0 Å². The molecule has 1 N–H and O–H groups in total. The fourth-order valence-corrected chi connectivity index (χ4v) is 5.92. The van der Waals surface area contributed by atoms with E-state index in [4.69, 9.17) is 11.6 Å². The predicted octanol–water partition coefficient (Wildman–Crippen LogP) is 3.81. The fraction of sp³-hybridized carbons (Fsp3) is 0.458. The van der Waals surface area contributed by atoms with Crippen LogP contribution in [-0.4, -0.2) is 63.3 Å². The van der Waals surface area contributed by atoms with E-state index in [2.05, 4.69) is 22.3 Å². The third-order valence-electron chi connectivity index (χ3n) is 5.92. The molecule has 3 rings (SSSR count). The molecule has 1 amide bonds. The maximum Gasteiger partial charge on any atom is 0.251 e. The summed E-state index contributed by atoms with van der Waals surface area (Å²) in [5.74, 6) is -0.311. The first-order valence-corrected chi connectivity index (χ1v) is 12.9. The average Bonchev–Trinajstić information content (AvgIpc) is 3.07. The van der Waals surface area contributed by atoms with E-state index < -0.39 is 10.0 Å². The first kappa shape index (κ1) is 24.7. The second-order valence-electron chi connectivity index (χ2n) is 8.48. The molecular formula is C24H32ClN3O3S. The Labute approximate surface area is 196 Å². The zero-order valence-corrected chi connectivity index (χ0v) is 20.3. The Bertz CT molecular complexity index is 1000. The molecule has 1 heterocycles. The SMILES string of the molecule is CN(C)[C@@H](CNC(=O)c1ccc(Cl)c(S(=O)(=O)N2CCCCCC2)c1)Cc1ccccc1. The van der Waals surface area contributed by atoms with Crippen molar-refractivity contribution in [2.45, 2.75) is 43.0 Å². The van der Waals surface area contributed by atoms with Crippen molar-refractivity contribution >= 4 is 27.5 Å². The van der Waals surface area contributed by atoms with Crippen LogP contribution in [0.25, 0.3) is 0 Å². The summed E-state index contributed by atoms with van der Waals surface area (Å²) in [5.41, 5.74) is 1.48. The first-order chi connectivity index (χ1) is 15.3. The molecule has 0 aliphatic carbocycles. The molecule has 2 aromatic carbocycles. The number of likely N-dealkylation sites (N-methyl/N-ethyl adjacent to an activating group) is 1. The van der Waals surface area contributed by atoms with Crippen LogP contribution >= 0.6 is 11.6 Å². The molecule has 32 heavy (non-hydrogen) atoms. The molecule has 0 spiro atoms. The highest BCUT2D eigenvalue weighted by Gasteiger charge is 2.28. The summed E-state index contributed by atoms with van der Waals surface area (Å²) >= 11 is 6.26. The number of hydrogen-bond acceptors (Lipinski definition) is 4. The van der Waals surface area contributed by atoms with Gasteiger partial charge in [-0.15, -0.1) is 0 Å². The number of halogens is 1. The van der Waals surface area contributed by atoms with Crippen LogP contribution in [-0.2, 0) is 16.4 Å². The Morgan fingerprint density at radius 1 is 1.06 bits per heavy atom. The van der Waals surface area contributed by atoms with Crippen LogP contribution in [0.4, 0.5) is 0 Å². The summed E-state index contributed by atoms with van der Waals surface area (Å²) < 4.78 is 27.9. The van der Waals surface area contributed by atoms with Gasteiger partial charge in [-0.3, -0.25) is 4.79 Å². The highest BCUT2D eigenvalue weighted by atomic mass is 35.5. The van der Waals surface area contributed by atoms with Crippen LogP contribution < -0.4 is 5.32 Å². The lowest BCUT2D eigenvalue weighted by Gasteiger charge is -2.25. The molecule has 0 unspecified atom stereocenters. The van der Waals surface area contributed by atoms with E-state index in [1.54, 1.807) is 6.07 Å². The van der Waals surface area contributed by atoms with Crippen molar-refractivity contribution in [1.29, 1.82) is 0 Å². The minimum atomic E-state index is -3.74. The second kappa shape index (κ2) is 11.3. The molecule has 1 aliphatic rings. The molecule has 1 fully saturated rings. The Balaban J connectivity index is 1.73. The molecule has 174 valence electrons. The van der Waals surface area contributed by atoms with Crippen molar-refractivity contribution in [1.82, 2.24) is 14.5 Å². The van der Waals surface area contributed by atoms with Gasteiger partial charge in [0.2, 0.25) is 10.0 Å². The maximum absolute atomic E-state index is 13.2. The molecule has 0 aromatic heterocycles. The topological polar surface area (TPSA) is 69.7 Å². The van der Waals surface area contributed by atoms with Gasteiger partial charge in [0.15, 0.2) is 0 Å². The number of carbonyl (C=O) groups excluding carboxylic acids is 1. The van der Waals surface area contributed by atoms with Gasteiger partial charge in [0.05, 0.1) is 5.02 Å². The van der Waals surface area contributed by atoms with Crippen LogP contribution in [0, 0.1) is 0 Å². The summed E-state index contributed by atoms with van der Waals surface area (Å²) in [6, 6.07) is 14.7. The number of nitrogens with zero attached hydrogens (tertiary/aromatic N) is 2. The van der Waals surface area contributed by atoms with E-state index in [-0.39, 0.29) is 21.9 Å². The minimum Gasteiger partial charge on any atom is -0.350 e. The van der Waals surface area contributed by atoms with E-state index in [1.165, 1.54) is 22.0 Å². The lowest BCUT2D eigenvalue weighted by molar-refractivity contribution is 0.0941. The van der Waals surface area contributed by atoms with Gasteiger partial charge < -0.3 is 10.2 Å². The van der Waals surface area contributed by atoms with E-state index in [1.807, 2.05) is 32.3 Å². The number of benzene rings is 2. The standard InChI is InChI=1S/C24H32ClN3O3S/c1-27(2)21(16-19-10-6-5-7-11-19)18-26-24(29)20-12-13-22(25)23(17-20)32(30,31)28-14-8-3-4-9-15-28/h5-7,10-13,17,21H,3-4,8-9,14-16,18H2,1-2H3,(H,26,29)/t21-/m1/s1. The van der Waals surface area contributed by atoms with Crippen molar-refractivity contribution < 1.29 is 13.2 Å². The molecule has 0 bridgehead atoms. The van der Waals surface area contributed by atoms with Crippen molar-refractivity contribution in [2.24, 2.45) is 0 Å². The van der Waals surface area contributed by atoms with Crippen LogP contribution in [0.5, 0.6) is 0 Å². The Kier molecular flexibility index (Phi) is 8.71. The smallest absolute Gasteiger partial charge is 0.251 e. The molecule has 1 saturated heterocycles. The molecule has 6 nitrogen and oxygen atoms in total. The van der Waals surface area contributed by atoms with Crippen LogP contribution in [0.1, 0.15) is 41.6 Å². The van der Waals surface area contributed by atoms with Gasteiger partial charge in [0.25, 0.3) is 5.91 Å². The molecule has 1 atom stereocenters. The summed E-state index contributed by atoms with van der Waals surface area (Å²) in [6.45, 7) is 1.41. The largest absolute Gasteiger partial charge is 0.350 e. The summed E-state index contributed by atoms with van der Waals surface area (Å²) in [7, 11) is 0.216. The van der Waals surface area contributed by atoms with Gasteiger partial charge in [-0.2, -0.15) is 4.31 Å². The number of amides is 1. The van der Waals surface area contributed by atoms with Gasteiger partial charge in [-0.1, -0.05) is 54.8 Å². The van der Waals surface area contributed by atoms with Crippen molar-refractivity contribution in [3.8, 4) is 0 Å². The minimum absolute atomic E-state index is 0.00200. The van der Waals surface area contributed by atoms with E-state index >= 15 is 0 Å². The Morgan fingerprint density at radius 2 is 1.72 bits per heavy atom. The zero-order valence-electron chi connectivity index (χ0n) is 18.8. The molecule has 0 radical (unpaired) electrons. The average molecular weight is 478 g/mol. The van der Waals surface area contributed by atoms with Crippen LogP contribution in [0.2, 0.25) is 5.02 Å². The predicted molar refractivity (Wildman–Crippen MR) is 129 cm³/mol. The second-order valence-corrected chi connectivity index (χ2v) is 10.8. The highest BCUT2D eigenvalue weighted by molar-refractivity contribution is 7.89. The fourth-order valence-electron chi connectivity index (χ4n) is 3.90. The molecule has 8 heteroatoms. The summed E-state index contributed by atoms with van der Waals surface area (Å²) in [5, 5.41) is 3.10. The lowest BCUT2D eigenvalue weighted by Crippen LogP contribution is -2.41. The number of hydrogen-bond donors (Lipinski definition) is 1. The van der Waals surface area contributed by atoms with Gasteiger partial charge in [-0.05, 0) is 57.1 Å². The van der Waals surface area contributed by atoms with Gasteiger partial charge >= 0.3 is 0 Å². The van der Waals surface area contributed by atoms with Crippen molar-refractivity contribution in [3.05, 3.63) is 64.7 Å². The first-order valence-electron chi connectivity index (χ1n) is 11.1. The zero-order chi connectivity index (χ0) is 23.1. The quantitative estimate of drug-likeness (QED) is 0.627. The number of sulfonamides is 1. The third kappa shape index (κ3) is 6.32. The molecular weight excluding hydrogens is 446 g/mol. The summed E-state index contributed by atoms with van der Waals surface area (Å²) in [4.78, 5) is 14.9. The highest BCUT2D eigenvalue weighted by Crippen LogP contribution is 2.27. The van der Waals surface area contributed by atoms with Gasteiger partial charge in [0, 0.05) is 31.2 Å². The number of rotatable bonds is 8. The van der Waals surface area contributed by atoms with E-state index in [9.17, 15) is 13.2 Å². The molecule has 2 aromatic rings. The van der Waals surface area contributed by atoms with Crippen LogP contribution in [0.15, 0.2) is 53.4 Å². The van der Waals surface area contributed by atoms with Gasteiger partial charge in [-0.25, -0.2) is 8.42 Å². The van der Waals surface area contributed by atoms with Crippen molar-refractivity contribution in [2.75, 3.05) is 33.7 Å². The monoisotopic (exact) mass is 477 g/mol. The van der Waals surface area contributed by atoms with Crippen LogP contribution in [0.3, 0.4) is 0 Å².